The molecule has 5 nitrogen and oxygen atoms in total. The zero-order valence-electron chi connectivity index (χ0n) is 9.60. The van der Waals surface area contributed by atoms with E-state index in [1.54, 1.807) is 13.1 Å². The summed E-state index contributed by atoms with van der Waals surface area (Å²) in [5, 5.41) is 11.8. The molecule has 1 rings (SSSR count). The van der Waals surface area contributed by atoms with Crippen LogP contribution >= 0.6 is 0 Å². The minimum Gasteiger partial charge on any atom is -0.481 e. The van der Waals surface area contributed by atoms with Gasteiger partial charge in [0.2, 0.25) is 5.95 Å². The van der Waals surface area contributed by atoms with Gasteiger partial charge >= 0.3 is 5.97 Å². The molecule has 0 amide bonds. The topological polar surface area (TPSA) is 75.1 Å². The first-order valence-corrected chi connectivity index (χ1v) is 5.36. The van der Waals surface area contributed by atoms with Gasteiger partial charge in [-0.25, -0.2) is 9.97 Å². The number of hydrogen-bond acceptors (Lipinski definition) is 4. The predicted molar refractivity (Wildman–Crippen MR) is 61.3 cm³/mol. The van der Waals surface area contributed by atoms with E-state index in [0.29, 0.717) is 18.9 Å². The lowest BCUT2D eigenvalue weighted by atomic mass is 10.1. The summed E-state index contributed by atoms with van der Waals surface area (Å²) < 4.78 is 0. The summed E-state index contributed by atoms with van der Waals surface area (Å²) in [5.41, 5.74) is 0.913. The zero-order valence-corrected chi connectivity index (χ0v) is 9.60. The Morgan fingerprint density at radius 3 is 3.00 bits per heavy atom. The van der Waals surface area contributed by atoms with E-state index in [1.807, 2.05) is 13.0 Å². The molecule has 0 fully saturated rings. The highest BCUT2D eigenvalue weighted by Gasteiger charge is 2.09. The largest absolute Gasteiger partial charge is 0.481 e. The van der Waals surface area contributed by atoms with Crippen LogP contribution in [0.5, 0.6) is 0 Å². The van der Waals surface area contributed by atoms with Crippen LogP contribution in [-0.4, -0.2) is 27.6 Å². The van der Waals surface area contributed by atoms with Crippen molar-refractivity contribution in [3.8, 4) is 0 Å². The maximum atomic E-state index is 10.6. The van der Waals surface area contributed by atoms with Crippen LogP contribution in [-0.2, 0) is 4.79 Å². The Balaban J connectivity index is 2.23. The van der Waals surface area contributed by atoms with E-state index in [4.69, 9.17) is 5.11 Å². The van der Waals surface area contributed by atoms with Gasteiger partial charge in [0.1, 0.15) is 0 Å². The molecule has 1 aromatic rings. The fraction of sp³-hybridized carbons (Fsp3) is 0.545. The summed E-state index contributed by atoms with van der Waals surface area (Å²) in [7, 11) is 0. The second-order valence-corrected chi connectivity index (χ2v) is 3.83. The van der Waals surface area contributed by atoms with Crippen molar-refractivity contribution in [2.75, 3.05) is 11.9 Å². The number of anilines is 1. The molecule has 0 aromatic carbocycles. The number of rotatable bonds is 6. The summed E-state index contributed by atoms with van der Waals surface area (Å²) in [6, 6.07) is 1.83. The van der Waals surface area contributed by atoms with Crippen LogP contribution in [0.1, 0.15) is 25.5 Å². The average Bonchev–Trinajstić information content (AvgIpc) is 2.24. The molecule has 0 spiro atoms. The Morgan fingerprint density at radius 1 is 1.62 bits per heavy atom. The summed E-state index contributed by atoms with van der Waals surface area (Å²) in [6.45, 7) is 4.31. The number of carboxylic acid groups (broad SMARTS) is 1. The maximum absolute atomic E-state index is 10.6. The highest BCUT2D eigenvalue weighted by molar-refractivity contribution is 5.69. The molecule has 0 aliphatic rings. The lowest BCUT2D eigenvalue weighted by molar-refractivity contribution is -0.141. The number of carbonyl (C=O) groups is 1. The van der Waals surface area contributed by atoms with Crippen molar-refractivity contribution in [2.45, 2.75) is 26.7 Å². The smallest absolute Gasteiger partial charge is 0.306 e. The highest BCUT2D eigenvalue weighted by Crippen LogP contribution is 2.06. The minimum atomic E-state index is -0.744. The van der Waals surface area contributed by atoms with Crippen molar-refractivity contribution < 1.29 is 9.90 Å². The van der Waals surface area contributed by atoms with Crippen molar-refractivity contribution in [2.24, 2.45) is 5.92 Å². The van der Waals surface area contributed by atoms with Crippen LogP contribution in [0.3, 0.4) is 0 Å². The van der Waals surface area contributed by atoms with Gasteiger partial charge in [-0.15, -0.1) is 0 Å². The number of carboxylic acids is 1. The monoisotopic (exact) mass is 223 g/mol. The molecule has 1 aromatic heterocycles. The van der Waals surface area contributed by atoms with Crippen molar-refractivity contribution in [1.29, 1.82) is 0 Å². The Labute approximate surface area is 94.9 Å². The predicted octanol–water partition coefficient (Wildman–Crippen LogP) is 1.70. The molecule has 0 saturated carbocycles. The van der Waals surface area contributed by atoms with E-state index in [2.05, 4.69) is 15.3 Å². The Bertz CT molecular complexity index is 355. The van der Waals surface area contributed by atoms with Crippen molar-refractivity contribution in [3.05, 3.63) is 18.0 Å². The number of aromatic nitrogens is 2. The molecule has 1 unspecified atom stereocenters. The standard InChI is InChI=1S/C11H17N3O2/c1-8(10(15)16)4-3-6-12-11-13-7-5-9(2)14-11/h5,7-8H,3-4,6H2,1-2H3,(H,15,16)(H,12,13,14). The number of aliphatic carboxylic acids is 1. The molecular weight excluding hydrogens is 206 g/mol. The number of nitrogens with zero attached hydrogens (tertiary/aromatic N) is 2. The molecule has 88 valence electrons. The molecule has 0 aliphatic carbocycles. The molecule has 2 N–H and O–H groups in total. The van der Waals surface area contributed by atoms with Gasteiger partial charge in [0.05, 0.1) is 5.92 Å². The van der Waals surface area contributed by atoms with E-state index in [9.17, 15) is 4.79 Å². The number of nitrogens with one attached hydrogen (secondary N) is 1. The third kappa shape index (κ3) is 4.25. The van der Waals surface area contributed by atoms with Crippen LogP contribution in [0.4, 0.5) is 5.95 Å². The fourth-order valence-corrected chi connectivity index (χ4v) is 1.27. The minimum absolute atomic E-state index is 0.291. The lowest BCUT2D eigenvalue weighted by Crippen LogP contribution is -2.12. The summed E-state index contributed by atoms with van der Waals surface area (Å²) in [4.78, 5) is 18.8. The Kier molecular flexibility index (Phi) is 4.69. The first kappa shape index (κ1) is 12.4. The fourth-order valence-electron chi connectivity index (χ4n) is 1.27. The highest BCUT2D eigenvalue weighted by atomic mass is 16.4. The van der Waals surface area contributed by atoms with Crippen LogP contribution in [0, 0.1) is 12.8 Å². The molecule has 16 heavy (non-hydrogen) atoms. The molecule has 1 atom stereocenters. The molecule has 0 bridgehead atoms. The van der Waals surface area contributed by atoms with Crippen molar-refractivity contribution >= 4 is 11.9 Å². The van der Waals surface area contributed by atoms with Gasteiger partial charge in [-0.1, -0.05) is 6.92 Å². The van der Waals surface area contributed by atoms with E-state index >= 15 is 0 Å². The van der Waals surface area contributed by atoms with Crippen LogP contribution in [0.2, 0.25) is 0 Å². The third-order valence-corrected chi connectivity index (χ3v) is 2.31. The molecular formula is C11H17N3O2. The van der Waals surface area contributed by atoms with Crippen LogP contribution in [0.25, 0.3) is 0 Å². The van der Waals surface area contributed by atoms with E-state index in [0.717, 1.165) is 12.1 Å². The molecule has 5 heteroatoms. The van der Waals surface area contributed by atoms with Crippen LogP contribution in [0.15, 0.2) is 12.3 Å². The number of aryl methyl sites for hydroxylation is 1. The summed E-state index contributed by atoms with van der Waals surface area (Å²) in [6.07, 6.45) is 3.16. The van der Waals surface area contributed by atoms with Gasteiger partial charge in [0.25, 0.3) is 0 Å². The second-order valence-electron chi connectivity index (χ2n) is 3.83. The first-order chi connectivity index (χ1) is 7.59. The van der Waals surface area contributed by atoms with E-state index in [1.165, 1.54) is 0 Å². The lowest BCUT2D eigenvalue weighted by Gasteiger charge is -2.07. The van der Waals surface area contributed by atoms with Crippen molar-refractivity contribution in [1.82, 2.24) is 9.97 Å². The second kappa shape index (κ2) is 6.05. The molecule has 1 heterocycles. The molecule has 0 aliphatic heterocycles. The average molecular weight is 223 g/mol. The van der Waals surface area contributed by atoms with Gasteiger partial charge in [-0.05, 0) is 25.8 Å². The normalized spacial score (nSPS) is 12.1. The Morgan fingerprint density at radius 2 is 2.38 bits per heavy atom. The quantitative estimate of drug-likeness (QED) is 0.718. The van der Waals surface area contributed by atoms with Gasteiger partial charge in [0.15, 0.2) is 0 Å². The van der Waals surface area contributed by atoms with Crippen molar-refractivity contribution in [3.63, 3.8) is 0 Å². The van der Waals surface area contributed by atoms with Crippen LogP contribution < -0.4 is 5.32 Å². The van der Waals surface area contributed by atoms with Gasteiger partial charge in [0, 0.05) is 18.4 Å². The van der Waals surface area contributed by atoms with Gasteiger partial charge in [-0.2, -0.15) is 0 Å². The molecule has 0 radical (unpaired) electrons. The first-order valence-electron chi connectivity index (χ1n) is 5.36. The van der Waals surface area contributed by atoms with Gasteiger partial charge < -0.3 is 10.4 Å². The van der Waals surface area contributed by atoms with E-state index < -0.39 is 5.97 Å². The third-order valence-electron chi connectivity index (χ3n) is 2.31. The zero-order chi connectivity index (χ0) is 12.0. The Hall–Kier alpha value is -1.65. The maximum Gasteiger partial charge on any atom is 0.306 e. The summed E-state index contributed by atoms with van der Waals surface area (Å²) in [5.74, 6) is -0.435. The SMILES string of the molecule is Cc1ccnc(NCCCC(C)C(=O)O)n1. The molecule has 0 saturated heterocycles. The van der Waals surface area contributed by atoms with Gasteiger partial charge in [-0.3, -0.25) is 4.79 Å². The number of hydrogen-bond donors (Lipinski definition) is 2. The van der Waals surface area contributed by atoms with E-state index in [-0.39, 0.29) is 5.92 Å². The summed E-state index contributed by atoms with van der Waals surface area (Å²) >= 11 is 0.